The van der Waals surface area contributed by atoms with Gasteiger partial charge in [0.1, 0.15) is 5.76 Å². The molecule has 16 heavy (non-hydrogen) atoms. The minimum atomic E-state index is -0.424. The number of nitrogens with zero attached hydrogens (tertiary/aromatic N) is 2. The SMILES string of the molecule is CNc1nc(-c2ccoc2C)nc(C)c1F. The highest BCUT2D eigenvalue weighted by Gasteiger charge is 2.13. The normalized spacial score (nSPS) is 10.5. The van der Waals surface area contributed by atoms with E-state index < -0.39 is 5.82 Å². The van der Waals surface area contributed by atoms with Crippen molar-refractivity contribution >= 4 is 5.82 Å². The van der Waals surface area contributed by atoms with Crippen molar-refractivity contribution in [1.29, 1.82) is 0 Å². The molecular weight excluding hydrogens is 209 g/mol. The predicted octanol–water partition coefficient (Wildman–Crippen LogP) is 2.53. The van der Waals surface area contributed by atoms with Crippen molar-refractivity contribution in [3.05, 3.63) is 29.6 Å². The number of anilines is 1. The summed E-state index contributed by atoms with van der Waals surface area (Å²) >= 11 is 0. The Labute approximate surface area is 92.5 Å². The van der Waals surface area contributed by atoms with Crippen LogP contribution in [0.25, 0.3) is 11.4 Å². The Kier molecular flexibility index (Phi) is 2.60. The Morgan fingerprint density at radius 3 is 2.62 bits per heavy atom. The molecule has 0 aliphatic rings. The molecule has 4 nitrogen and oxygen atoms in total. The van der Waals surface area contributed by atoms with Gasteiger partial charge >= 0.3 is 0 Å². The Bertz CT molecular complexity index is 522. The molecule has 0 aromatic carbocycles. The van der Waals surface area contributed by atoms with Crippen LogP contribution in [0.1, 0.15) is 11.5 Å². The maximum Gasteiger partial charge on any atom is 0.186 e. The fraction of sp³-hybridized carbons (Fsp3) is 0.273. The second-order valence-corrected chi connectivity index (χ2v) is 3.44. The average Bonchev–Trinajstić information content (AvgIpc) is 2.68. The largest absolute Gasteiger partial charge is 0.469 e. The molecule has 1 N–H and O–H groups in total. The molecule has 0 atom stereocenters. The van der Waals surface area contributed by atoms with E-state index in [1.165, 1.54) is 0 Å². The lowest BCUT2D eigenvalue weighted by molar-refractivity contribution is 0.535. The van der Waals surface area contributed by atoms with Gasteiger partial charge in [-0.15, -0.1) is 0 Å². The molecule has 0 bridgehead atoms. The summed E-state index contributed by atoms with van der Waals surface area (Å²) in [7, 11) is 1.62. The number of hydrogen-bond donors (Lipinski definition) is 1. The zero-order chi connectivity index (χ0) is 11.7. The van der Waals surface area contributed by atoms with Crippen LogP contribution < -0.4 is 5.32 Å². The molecule has 0 aliphatic heterocycles. The van der Waals surface area contributed by atoms with E-state index >= 15 is 0 Å². The van der Waals surface area contributed by atoms with Gasteiger partial charge in [-0.25, -0.2) is 14.4 Å². The number of hydrogen-bond acceptors (Lipinski definition) is 4. The van der Waals surface area contributed by atoms with Crippen LogP contribution in [0.15, 0.2) is 16.7 Å². The van der Waals surface area contributed by atoms with Crippen LogP contribution in [0.5, 0.6) is 0 Å². The number of rotatable bonds is 2. The molecule has 2 aromatic rings. The number of aromatic nitrogens is 2. The van der Waals surface area contributed by atoms with Crippen molar-refractivity contribution in [1.82, 2.24) is 9.97 Å². The van der Waals surface area contributed by atoms with E-state index in [1.54, 1.807) is 26.3 Å². The van der Waals surface area contributed by atoms with Gasteiger partial charge in [0.15, 0.2) is 17.5 Å². The van der Waals surface area contributed by atoms with Gasteiger partial charge in [0, 0.05) is 7.05 Å². The van der Waals surface area contributed by atoms with Gasteiger partial charge in [0.05, 0.1) is 17.5 Å². The van der Waals surface area contributed by atoms with Crippen LogP contribution in [0.2, 0.25) is 0 Å². The molecule has 2 rings (SSSR count). The summed E-state index contributed by atoms with van der Waals surface area (Å²) in [5.74, 6) is 0.957. The van der Waals surface area contributed by atoms with Gasteiger partial charge < -0.3 is 9.73 Å². The Hall–Kier alpha value is -1.91. The van der Waals surface area contributed by atoms with Crippen LogP contribution in [0.3, 0.4) is 0 Å². The first-order chi connectivity index (χ1) is 7.63. The topological polar surface area (TPSA) is 51.0 Å². The van der Waals surface area contributed by atoms with Crippen LogP contribution in [-0.2, 0) is 0 Å². The van der Waals surface area contributed by atoms with E-state index in [9.17, 15) is 4.39 Å². The molecule has 0 spiro atoms. The zero-order valence-corrected chi connectivity index (χ0v) is 9.34. The van der Waals surface area contributed by atoms with Crippen molar-refractivity contribution in [2.45, 2.75) is 13.8 Å². The standard InChI is InChI=1S/C11H12FN3O/c1-6-9(12)11(13-3)15-10(14-6)8-4-5-16-7(8)2/h4-5H,1-3H3,(H,13,14,15). The summed E-state index contributed by atoms with van der Waals surface area (Å²) in [5.41, 5.74) is 1.09. The van der Waals surface area contributed by atoms with Crippen molar-refractivity contribution < 1.29 is 8.81 Å². The Balaban J connectivity index is 2.59. The minimum absolute atomic E-state index is 0.197. The lowest BCUT2D eigenvalue weighted by atomic mass is 10.2. The van der Waals surface area contributed by atoms with E-state index in [4.69, 9.17) is 4.42 Å². The van der Waals surface area contributed by atoms with Crippen molar-refractivity contribution in [2.24, 2.45) is 0 Å². The van der Waals surface area contributed by atoms with E-state index in [2.05, 4.69) is 15.3 Å². The highest BCUT2D eigenvalue weighted by Crippen LogP contribution is 2.24. The molecule has 0 amide bonds. The predicted molar refractivity (Wildman–Crippen MR) is 58.7 cm³/mol. The molecule has 5 heteroatoms. The third kappa shape index (κ3) is 1.64. The highest BCUT2D eigenvalue weighted by molar-refractivity contribution is 5.59. The van der Waals surface area contributed by atoms with Crippen molar-refractivity contribution in [3.63, 3.8) is 0 Å². The average molecular weight is 221 g/mol. The van der Waals surface area contributed by atoms with Crippen LogP contribution >= 0.6 is 0 Å². The lowest BCUT2D eigenvalue weighted by Gasteiger charge is -2.06. The summed E-state index contributed by atoms with van der Waals surface area (Å²) in [6.45, 7) is 3.42. The summed E-state index contributed by atoms with van der Waals surface area (Å²) in [6, 6.07) is 1.77. The Morgan fingerprint density at radius 1 is 1.31 bits per heavy atom. The minimum Gasteiger partial charge on any atom is -0.469 e. The molecule has 0 radical (unpaired) electrons. The molecular formula is C11H12FN3O. The number of aryl methyl sites for hydroxylation is 2. The first-order valence-electron chi connectivity index (χ1n) is 4.90. The summed E-state index contributed by atoms with van der Waals surface area (Å²) < 4.78 is 18.7. The van der Waals surface area contributed by atoms with Crippen LogP contribution in [0.4, 0.5) is 10.2 Å². The number of furan rings is 1. The fourth-order valence-electron chi connectivity index (χ4n) is 1.46. The molecule has 2 heterocycles. The molecule has 0 saturated carbocycles. The maximum atomic E-state index is 13.5. The van der Waals surface area contributed by atoms with Gasteiger partial charge in [-0.05, 0) is 19.9 Å². The summed E-state index contributed by atoms with van der Waals surface area (Å²) in [4.78, 5) is 8.20. The van der Waals surface area contributed by atoms with Gasteiger partial charge in [0.2, 0.25) is 0 Å². The van der Waals surface area contributed by atoms with Crippen LogP contribution in [-0.4, -0.2) is 17.0 Å². The first-order valence-corrected chi connectivity index (χ1v) is 4.90. The van der Waals surface area contributed by atoms with Gasteiger partial charge in [-0.2, -0.15) is 0 Å². The monoisotopic (exact) mass is 221 g/mol. The van der Waals surface area contributed by atoms with E-state index in [-0.39, 0.29) is 5.82 Å². The number of halogens is 1. The first kappa shape index (κ1) is 10.6. The third-order valence-electron chi connectivity index (χ3n) is 2.35. The fourth-order valence-corrected chi connectivity index (χ4v) is 1.46. The van der Waals surface area contributed by atoms with Gasteiger partial charge in [-0.3, -0.25) is 0 Å². The molecule has 0 aliphatic carbocycles. The quantitative estimate of drug-likeness (QED) is 0.846. The summed E-state index contributed by atoms with van der Waals surface area (Å²) in [6.07, 6.45) is 1.56. The molecule has 0 saturated heterocycles. The van der Waals surface area contributed by atoms with Crippen molar-refractivity contribution in [2.75, 3.05) is 12.4 Å². The maximum absolute atomic E-state index is 13.5. The second-order valence-electron chi connectivity index (χ2n) is 3.44. The smallest absolute Gasteiger partial charge is 0.186 e. The lowest BCUT2D eigenvalue weighted by Crippen LogP contribution is -2.03. The second kappa shape index (κ2) is 3.92. The molecule has 2 aromatic heterocycles. The number of nitrogens with one attached hydrogen (secondary N) is 1. The van der Waals surface area contributed by atoms with Crippen LogP contribution in [0, 0.1) is 19.7 Å². The Morgan fingerprint density at radius 2 is 2.06 bits per heavy atom. The molecule has 84 valence electrons. The van der Waals surface area contributed by atoms with E-state index in [0.717, 1.165) is 5.56 Å². The van der Waals surface area contributed by atoms with Gasteiger partial charge in [0.25, 0.3) is 0 Å². The summed E-state index contributed by atoms with van der Waals surface area (Å²) in [5, 5.41) is 2.70. The highest BCUT2D eigenvalue weighted by atomic mass is 19.1. The molecule has 0 unspecified atom stereocenters. The van der Waals surface area contributed by atoms with Crippen molar-refractivity contribution in [3.8, 4) is 11.4 Å². The third-order valence-corrected chi connectivity index (χ3v) is 2.35. The zero-order valence-electron chi connectivity index (χ0n) is 9.34. The van der Waals surface area contributed by atoms with Gasteiger partial charge in [-0.1, -0.05) is 0 Å². The molecule has 0 fully saturated rings. The van der Waals surface area contributed by atoms with E-state index in [0.29, 0.717) is 17.3 Å². The van der Waals surface area contributed by atoms with E-state index in [1.807, 2.05) is 6.92 Å².